The van der Waals surface area contributed by atoms with Crippen LogP contribution < -0.4 is 5.31 Å². The highest BCUT2D eigenvalue weighted by Crippen LogP contribution is 2.03. The van der Waals surface area contributed by atoms with Crippen LogP contribution >= 0.6 is 0 Å². The van der Waals surface area contributed by atoms with Gasteiger partial charge in [0.15, 0.2) is 5.71 Å². The van der Waals surface area contributed by atoms with Crippen molar-refractivity contribution in [3.63, 3.8) is 0 Å². The highest BCUT2D eigenvalue weighted by molar-refractivity contribution is 6.11. The van der Waals surface area contributed by atoms with Crippen LogP contribution in [-0.2, 0) is 4.84 Å². The molecule has 0 aromatic heterocycles. The smallest absolute Gasteiger partial charge is 0.183 e. The average molecular weight is 173 g/mol. The van der Waals surface area contributed by atoms with Gasteiger partial charge in [-0.15, -0.1) is 0 Å². The van der Waals surface area contributed by atoms with Gasteiger partial charge in [0.1, 0.15) is 14.5 Å². The van der Waals surface area contributed by atoms with Gasteiger partial charge in [0.25, 0.3) is 0 Å². The van der Waals surface area contributed by atoms with Gasteiger partial charge in [0, 0.05) is 16.2 Å². The van der Waals surface area contributed by atoms with E-state index in [1.807, 2.05) is 0 Å². The topological polar surface area (TPSA) is 57.4 Å². The lowest BCUT2D eigenvalue weighted by Gasteiger charge is -2.11. The van der Waals surface area contributed by atoms with Crippen LogP contribution in [0.4, 0.5) is 0 Å². The first kappa shape index (κ1) is 2.86. The van der Waals surface area contributed by atoms with E-state index in [9.17, 15) is 0 Å². The van der Waals surface area contributed by atoms with Crippen LogP contribution in [0, 0.1) is 11.3 Å². The van der Waals surface area contributed by atoms with Crippen molar-refractivity contribution in [2.24, 2.45) is 5.16 Å². The predicted molar refractivity (Wildman–Crippen MR) is 45.6 cm³/mol. The molecule has 0 aromatic rings. The molecule has 1 heterocycles. The van der Waals surface area contributed by atoms with Crippen molar-refractivity contribution in [1.82, 2.24) is 5.31 Å². The highest BCUT2D eigenvalue weighted by Gasteiger charge is 2.09. The molecular formula is C8H11N3O. The van der Waals surface area contributed by atoms with Crippen molar-refractivity contribution in [3.8, 4) is 6.07 Å². The quantitative estimate of drug-likeness (QED) is 0.486. The van der Waals surface area contributed by atoms with E-state index in [1.165, 1.54) is 6.07 Å². The third-order valence-electron chi connectivity index (χ3n) is 1.10. The van der Waals surface area contributed by atoms with E-state index in [-0.39, 0.29) is 0 Å². The van der Waals surface area contributed by atoms with Crippen LogP contribution in [0.15, 0.2) is 16.8 Å². The minimum atomic E-state index is -2.89. The van der Waals surface area contributed by atoms with E-state index in [2.05, 4.69) is 9.99 Å². The summed E-state index contributed by atoms with van der Waals surface area (Å²) >= 11 is 0. The number of rotatable bonds is 2. The predicted octanol–water partition coefficient (Wildman–Crippen LogP) is 0.432. The molecule has 0 aliphatic carbocycles. The maximum absolute atomic E-state index is 8.92. The van der Waals surface area contributed by atoms with Crippen molar-refractivity contribution in [2.75, 3.05) is 20.1 Å². The third kappa shape index (κ3) is 2.07. The van der Waals surface area contributed by atoms with E-state index in [1.54, 1.807) is 0 Å². The minimum Gasteiger partial charge on any atom is -0.398 e. The molecule has 3 unspecified atom stereocenters. The fraction of sp³-hybridized carbons (Fsp3) is 0.500. The molecule has 12 heavy (non-hydrogen) atoms. The van der Waals surface area contributed by atoms with Gasteiger partial charge in [-0.1, -0.05) is 11.2 Å². The summed E-state index contributed by atoms with van der Waals surface area (Å²) in [5.41, 5.74) is -1.07. The van der Waals surface area contributed by atoms with E-state index < -0.39 is 43.8 Å². The number of oxime groups is 1. The Kier molecular flexibility index (Phi) is 1.08. The van der Waals surface area contributed by atoms with Gasteiger partial charge in [-0.2, -0.15) is 5.26 Å². The summed E-state index contributed by atoms with van der Waals surface area (Å²) in [5.74, 6) is 0. The van der Waals surface area contributed by atoms with Crippen molar-refractivity contribution < 1.29 is 15.8 Å². The Hall–Kier alpha value is -1.34. The number of hydrogen-bond donors (Lipinski definition) is 1. The Morgan fingerprint density at radius 2 is 3.17 bits per heavy atom. The Balaban J connectivity index is 3.23. The van der Waals surface area contributed by atoms with Gasteiger partial charge in [-0.05, 0) is 12.9 Å². The summed E-state index contributed by atoms with van der Waals surface area (Å²) in [5, 5.41) is 12.4. The molecule has 0 aromatic carbocycles. The zero-order chi connectivity index (χ0) is 15.7. The van der Waals surface area contributed by atoms with E-state index in [0.29, 0.717) is 5.31 Å². The molecule has 64 valence electrons. The summed E-state index contributed by atoms with van der Waals surface area (Å²) in [6.07, 6.45) is -1.46. The molecule has 1 rings (SSSR count). The van der Waals surface area contributed by atoms with Gasteiger partial charge in [-0.3, -0.25) is 0 Å². The molecule has 0 saturated carbocycles. The van der Waals surface area contributed by atoms with Crippen molar-refractivity contribution in [2.45, 2.75) is 6.40 Å². The van der Waals surface area contributed by atoms with Gasteiger partial charge >= 0.3 is 0 Å². The lowest BCUT2D eigenvalue weighted by atomic mass is 10.1. The minimum absolute atomic E-state index is 0.407. The molecule has 4 nitrogen and oxygen atoms in total. The lowest BCUT2D eigenvalue weighted by Crippen LogP contribution is -2.25. The van der Waals surface area contributed by atoms with Crippen molar-refractivity contribution >= 4 is 5.71 Å². The van der Waals surface area contributed by atoms with Crippen molar-refractivity contribution in [1.29, 1.82) is 5.26 Å². The number of hydrogen-bond acceptors (Lipinski definition) is 4. The van der Waals surface area contributed by atoms with Crippen LogP contribution in [0.2, 0.25) is 1.41 Å². The largest absolute Gasteiger partial charge is 0.398 e. The van der Waals surface area contributed by atoms with Gasteiger partial charge in [-0.25, -0.2) is 0 Å². The molecule has 1 N–H and O–H groups in total. The fourth-order valence-corrected chi connectivity index (χ4v) is 0.630. The first-order valence-corrected chi connectivity index (χ1v) is 3.01. The molecule has 3 atom stereocenters. The Labute approximate surface area is 82.8 Å². The van der Waals surface area contributed by atoms with Gasteiger partial charge in [0.2, 0.25) is 0 Å². The second-order valence-corrected chi connectivity index (χ2v) is 1.79. The van der Waals surface area contributed by atoms with Crippen LogP contribution in [0.5, 0.6) is 0 Å². The van der Waals surface area contributed by atoms with E-state index in [4.69, 9.17) is 16.3 Å². The maximum Gasteiger partial charge on any atom is 0.183 e. The Morgan fingerprint density at radius 1 is 2.25 bits per heavy atom. The number of nitrogens with zero attached hydrogens (tertiary/aromatic N) is 2. The third-order valence-corrected chi connectivity index (χ3v) is 1.10. The Bertz CT molecular complexity index is 481. The van der Waals surface area contributed by atoms with Crippen LogP contribution in [0.1, 0.15) is 16.0 Å². The molecule has 0 amide bonds. The SMILES string of the molecule is [2H]C1=C(C(C#N)=NOC([2H])([2H])[2H])C([2H])N([2H])C([2H])C1[2H]. The van der Waals surface area contributed by atoms with Crippen LogP contribution in [0.25, 0.3) is 0 Å². The van der Waals surface area contributed by atoms with Crippen LogP contribution in [0.3, 0.4) is 0 Å². The number of nitriles is 1. The van der Waals surface area contributed by atoms with Gasteiger partial charge in [0.05, 0.1) is 5.48 Å². The van der Waals surface area contributed by atoms with Crippen LogP contribution in [-0.4, -0.2) is 25.8 Å². The van der Waals surface area contributed by atoms with Crippen molar-refractivity contribution in [3.05, 3.63) is 11.6 Å². The first-order chi connectivity index (χ1) is 9.10. The average Bonchev–Trinajstić information content (AvgIpc) is 2.36. The molecule has 1 aliphatic heterocycles. The molecule has 0 fully saturated rings. The Morgan fingerprint density at radius 3 is 3.92 bits per heavy atom. The molecule has 0 spiro atoms. The van der Waals surface area contributed by atoms with E-state index in [0.717, 1.165) is 0 Å². The molecule has 0 bridgehead atoms. The summed E-state index contributed by atoms with van der Waals surface area (Å²) in [6, 6.07) is 0.959. The highest BCUT2D eigenvalue weighted by atomic mass is 16.6. The second kappa shape index (κ2) is 4.52. The normalized spacial score (nSPS) is 49.6. The molecule has 1 aliphatic rings. The molecule has 0 radical (unpaired) electrons. The zero-order valence-electron chi connectivity index (χ0n) is 14.0. The molecular weight excluding hydrogens is 154 g/mol. The summed E-state index contributed by atoms with van der Waals surface area (Å²) in [6.45, 7) is -3.04. The fourth-order valence-electron chi connectivity index (χ4n) is 0.630. The monoisotopic (exact) mass is 173 g/mol. The standard InChI is InChI=1S/C8H11N3O/c1-12-11-8(5-9)7-3-2-4-10-6-7/h3,10H,2,4,6H2,1H3/i1D3,2D,3D,4D,6D/hD. The molecule has 0 saturated heterocycles. The summed E-state index contributed by atoms with van der Waals surface area (Å²) < 4.78 is 58.2. The lowest BCUT2D eigenvalue weighted by molar-refractivity contribution is 0.214. The zero-order valence-corrected chi connectivity index (χ0v) is 5.98. The second-order valence-electron chi connectivity index (χ2n) is 1.79. The van der Waals surface area contributed by atoms with Gasteiger partial charge < -0.3 is 10.1 Å². The number of nitrogens with one attached hydrogen (secondary N) is 1. The summed E-state index contributed by atoms with van der Waals surface area (Å²) in [4.78, 5) is 4.11. The summed E-state index contributed by atoms with van der Waals surface area (Å²) in [7, 11) is -2.89. The van der Waals surface area contributed by atoms with E-state index >= 15 is 0 Å². The first-order valence-electron chi connectivity index (χ1n) is 7.19. The molecule has 4 heteroatoms. The maximum atomic E-state index is 8.92.